The number of aromatic nitrogens is 6. The number of para-hydroxylation sites is 2. The van der Waals surface area contributed by atoms with E-state index in [0.717, 1.165) is 133 Å². The van der Waals surface area contributed by atoms with Gasteiger partial charge in [-0.2, -0.15) is 5.26 Å². The van der Waals surface area contributed by atoms with Gasteiger partial charge >= 0.3 is 0 Å². The summed E-state index contributed by atoms with van der Waals surface area (Å²) >= 11 is 0. The Morgan fingerprint density at radius 2 is 0.932 bits per heavy atom. The average Bonchev–Trinajstić information content (AvgIpc) is 3.24. The number of hydrogen-bond acceptors (Lipinski definition) is 13. The van der Waals surface area contributed by atoms with Crippen LogP contribution in [-0.4, -0.2) is 120 Å². The molecule has 0 spiro atoms. The molecule has 6 heterocycles. The number of benzene rings is 2. The lowest BCUT2D eigenvalue weighted by atomic mass is 10.1. The normalized spacial score (nSPS) is 14.2. The number of pyridine rings is 2. The second-order valence-corrected chi connectivity index (χ2v) is 14.8. The zero-order chi connectivity index (χ0) is 42.3. The minimum absolute atomic E-state index is 0.722. The lowest BCUT2D eigenvalue weighted by Gasteiger charge is -2.33. The van der Waals surface area contributed by atoms with Gasteiger partial charge in [-0.25, -0.2) is 19.9 Å². The van der Waals surface area contributed by atoms with Gasteiger partial charge in [-0.1, -0.05) is 50.2 Å². The van der Waals surface area contributed by atoms with E-state index in [1.165, 1.54) is 6.92 Å². The second-order valence-electron chi connectivity index (χ2n) is 14.8. The summed E-state index contributed by atoms with van der Waals surface area (Å²) in [6.45, 7) is 19.1. The number of likely N-dealkylation sites (N-methyl/N-ethyl adjacent to an activating group) is 2. The highest BCUT2D eigenvalue weighted by molar-refractivity contribution is 5.91. The van der Waals surface area contributed by atoms with E-state index < -0.39 is 0 Å². The van der Waals surface area contributed by atoms with E-state index in [4.69, 9.17) is 5.26 Å². The number of hydrogen-bond donors (Lipinski definition) is 0. The minimum Gasteiger partial charge on any atom is -0.367 e. The van der Waals surface area contributed by atoms with E-state index in [0.29, 0.717) is 0 Å². The van der Waals surface area contributed by atoms with E-state index >= 15 is 0 Å². The van der Waals surface area contributed by atoms with Crippen molar-refractivity contribution in [3.8, 4) is 6.07 Å². The van der Waals surface area contributed by atoms with Gasteiger partial charge in [-0.05, 0) is 52.2 Å². The lowest BCUT2D eigenvalue weighted by molar-refractivity contribution is 0.312. The predicted octanol–water partition coefficient (Wildman–Crippen LogP) is 7.00. The molecule has 2 aromatic carbocycles. The maximum absolute atomic E-state index is 7.32. The van der Waals surface area contributed by atoms with Crippen LogP contribution in [0.25, 0.3) is 21.8 Å². The Kier molecular flexibility index (Phi) is 16.2. The van der Waals surface area contributed by atoms with Crippen molar-refractivity contribution in [3.63, 3.8) is 0 Å². The number of rotatable bonds is 8. The van der Waals surface area contributed by atoms with Crippen molar-refractivity contribution in [1.29, 1.82) is 5.26 Å². The molecule has 59 heavy (non-hydrogen) atoms. The molecule has 4 aromatic heterocycles. The number of fused-ring (bicyclic) bond motifs is 2. The van der Waals surface area contributed by atoms with Crippen LogP contribution in [0.4, 0.5) is 23.0 Å². The fourth-order valence-corrected chi connectivity index (χ4v) is 7.23. The second kappa shape index (κ2) is 21.7. The van der Waals surface area contributed by atoms with Gasteiger partial charge in [0.25, 0.3) is 0 Å². The molecule has 13 heteroatoms. The molecular weight excluding hydrogens is 735 g/mol. The summed E-state index contributed by atoms with van der Waals surface area (Å²) in [6, 6.07) is 26.7. The predicted molar refractivity (Wildman–Crippen MR) is 243 cm³/mol. The van der Waals surface area contributed by atoms with Crippen molar-refractivity contribution in [3.05, 3.63) is 108 Å². The van der Waals surface area contributed by atoms with Crippen LogP contribution in [0.15, 0.2) is 85.2 Å². The van der Waals surface area contributed by atoms with E-state index in [2.05, 4.69) is 148 Å². The molecule has 0 aliphatic carbocycles. The fraction of sp³-hybridized carbons (Fsp3) is 0.413. The molecule has 0 N–H and O–H groups in total. The number of anilines is 4. The molecule has 0 saturated carbocycles. The van der Waals surface area contributed by atoms with Crippen LogP contribution in [0.5, 0.6) is 0 Å². The third-order valence-electron chi connectivity index (χ3n) is 10.3. The molecule has 2 saturated heterocycles. The molecule has 2 fully saturated rings. The Morgan fingerprint density at radius 1 is 0.576 bits per heavy atom. The first kappa shape index (κ1) is 44.1. The minimum atomic E-state index is 0.722. The van der Waals surface area contributed by atoms with E-state index in [-0.39, 0.29) is 0 Å². The van der Waals surface area contributed by atoms with Gasteiger partial charge in [0.05, 0.1) is 53.0 Å². The standard InChI is InChI=1S/2C21H26N6.C2H3N.C2H6/c2*1-16-23-18(14-20(24-16)27-12-10-25(2)11-13-27)15-26(3)19-8-4-6-17-7-5-9-22-21(17)19;1-2-3;1-2/h2*4-9,14H,10-13,15H2,1-3H3;1H3;1-2H3. The Labute approximate surface area is 351 Å². The highest BCUT2D eigenvalue weighted by Gasteiger charge is 2.19. The Bertz CT molecular complexity index is 2110. The Balaban J connectivity index is 0.000000202. The van der Waals surface area contributed by atoms with E-state index in [1.54, 1.807) is 6.07 Å². The number of nitriles is 1. The van der Waals surface area contributed by atoms with Crippen molar-refractivity contribution < 1.29 is 0 Å². The summed E-state index contributed by atoms with van der Waals surface area (Å²) in [7, 11) is 8.52. The molecular formula is C46H61N13. The number of nitrogens with zero attached hydrogens (tertiary/aromatic N) is 13. The maximum atomic E-state index is 7.32. The molecule has 0 bridgehead atoms. The van der Waals surface area contributed by atoms with E-state index in [1.807, 2.05) is 52.2 Å². The first-order valence-electron chi connectivity index (χ1n) is 20.6. The molecule has 2 aliphatic rings. The fourth-order valence-electron chi connectivity index (χ4n) is 7.23. The number of aryl methyl sites for hydroxylation is 2. The summed E-state index contributed by atoms with van der Waals surface area (Å²) in [5.41, 5.74) is 6.34. The van der Waals surface area contributed by atoms with Gasteiger partial charge in [0, 0.05) is 109 Å². The van der Waals surface area contributed by atoms with Crippen molar-refractivity contribution in [1.82, 2.24) is 39.7 Å². The van der Waals surface area contributed by atoms with Crippen LogP contribution in [0.2, 0.25) is 0 Å². The SMILES string of the molecule is CC.CC#N.Cc1nc(CN(C)c2cccc3cccnc23)cc(N2CCN(C)CC2)n1.Cc1nc(CN(C)c2cccc3cccnc23)cc(N2CCN(C)CC2)n1. The largest absolute Gasteiger partial charge is 0.367 e. The van der Waals surface area contributed by atoms with E-state index in [9.17, 15) is 0 Å². The monoisotopic (exact) mass is 796 g/mol. The molecule has 0 amide bonds. The van der Waals surface area contributed by atoms with Crippen LogP contribution in [0.1, 0.15) is 43.8 Å². The van der Waals surface area contributed by atoms with Crippen LogP contribution in [-0.2, 0) is 13.1 Å². The third kappa shape index (κ3) is 12.0. The van der Waals surface area contributed by atoms with Gasteiger partial charge in [0.2, 0.25) is 0 Å². The lowest BCUT2D eigenvalue weighted by Crippen LogP contribution is -2.45. The zero-order valence-electron chi connectivity index (χ0n) is 36.5. The summed E-state index contributed by atoms with van der Waals surface area (Å²) in [4.78, 5) is 41.7. The summed E-state index contributed by atoms with van der Waals surface area (Å²) < 4.78 is 0. The Hall–Kier alpha value is -5.97. The van der Waals surface area contributed by atoms with Gasteiger partial charge in [-0.15, -0.1) is 0 Å². The molecule has 0 unspecified atom stereocenters. The van der Waals surface area contributed by atoms with Crippen LogP contribution in [0, 0.1) is 25.2 Å². The quantitative estimate of drug-likeness (QED) is 0.157. The smallest absolute Gasteiger partial charge is 0.132 e. The molecule has 2 aliphatic heterocycles. The summed E-state index contributed by atoms with van der Waals surface area (Å²) in [6.07, 6.45) is 3.69. The third-order valence-corrected chi connectivity index (χ3v) is 10.3. The first-order valence-corrected chi connectivity index (χ1v) is 20.6. The highest BCUT2D eigenvalue weighted by Crippen LogP contribution is 2.27. The van der Waals surface area contributed by atoms with Crippen LogP contribution < -0.4 is 19.6 Å². The van der Waals surface area contributed by atoms with Crippen molar-refractivity contribution in [2.45, 2.75) is 47.7 Å². The number of piperazine rings is 2. The summed E-state index contributed by atoms with van der Waals surface area (Å²) in [5, 5.41) is 9.62. The summed E-state index contributed by atoms with van der Waals surface area (Å²) in [5.74, 6) is 3.72. The Morgan fingerprint density at radius 3 is 1.31 bits per heavy atom. The molecule has 0 atom stereocenters. The topological polar surface area (TPSA) is 121 Å². The first-order chi connectivity index (χ1) is 28.6. The van der Waals surface area contributed by atoms with Crippen molar-refractivity contribution in [2.24, 2.45) is 0 Å². The highest BCUT2D eigenvalue weighted by atomic mass is 15.3. The van der Waals surface area contributed by atoms with Crippen LogP contribution in [0.3, 0.4) is 0 Å². The maximum Gasteiger partial charge on any atom is 0.132 e. The van der Waals surface area contributed by atoms with Gasteiger partial charge in [0.15, 0.2) is 0 Å². The van der Waals surface area contributed by atoms with Gasteiger partial charge in [0.1, 0.15) is 23.3 Å². The van der Waals surface area contributed by atoms with Gasteiger partial charge < -0.3 is 29.4 Å². The van der Waals surface area contributed by atoms with Gasteiger partial charge in [-0.3, -0.25) is 9.97 Å². The molecule has 0 radical (unpaired) electrons. The molecule has 13 nitrogen and oxygen atoms in total. The van der Waals surface area contributed by atoms with Crippen LogP contribution >= 0.6 is 0 Å². The zero-order valence-corrected chi connectivity index (χ0v) is 36.5. The van der Waals surface area contributed by atoms with Crippen molar-refractivity contribution in [2.75, 3.05) is 100 Å². The molecule has 6 aromatic rings. The molecule has 310 valence electrons. The average molecular weight is 796 g/mol. The van der Waals surface area contributed by atoms with Crippen molar-refractivity contribution >= 4 is 44.8 Å². The molecule has 8 rings (SSSR count).